The van der Waals surface area contributed by atoms with Crippen molar-refractivity contribution in [1.82, 2.24) is 0 Å². The Balaban J connectivity index is 2.39. The lowest BCUT2D eigenvalue weighted by molar-refractivity contribution is -0.103. The van der Waals surface area contributed by atoms with Crippen molar-refractivity contribution in [3.8, 4) is 5.75 Å². The van der Waals surface area contributed by atoms with Crippen LogP contribution < -0.4 is 9.88 Å². The molecule has 0 saturated carbocycles. The summed E-state index contributed by atoms with van der Waals surface area (Å²) < 4.78 is 38.3. The molecule has 1 heterocycles. The van der Waals surface area contributed by atoms with Crippen LogP contribution in [-0.4, -0.2) is 40.8 Å². The van der Waals surface area contributed by atoms with Crippen LogP contribution in [0.2, 0.25) is 0 Å². The number of hydrogen-bond donors (Lipinski definition) is 1. The summed E-state index contributed by atoms with van der Waals surface area (Å²) in [6.45, 7) is 0.677. The average Bonchev–Trinajstić information content (AvgIpc) is 2.31. The maximum absolute atomic E-state index is 11.9. The second-order valence-corrected chi connectivity index (χ2v) is 6.48. The molecule has 110 valence electrons. The number of sulfonamides is 1. The predicted molar refractivity (Wildman–Crippen MR) is 72.1 cm³/mol. The van der Waals surface area contributed by atoms with Gasteiger partial charge in [-0.05, 0) is 28.1 Å². The molecule has 0 aromatic heterocycles. The van der Waals surface area contributed by atoms with E-state index in [0.29, 0.717) is 17.7 Å². The maximum atomic E-state index is 11.9. The number of carbonyl (C=O) groups is 1. The molecule has 7 nitrogen and oxygen atoms in total. The maximum Gasteiger partial charge on any atom is 0.338 e. The molecule has 1 aromatic carbocycles. The molecule has 1 saturated heterocycles. The zero-order valence-corrected chi connectivity index (χ0v) is 12.9. The number of carbonyl (C=O) groups excluding carboxylic acids is 1. The zero-order chi connectivity index (χ0) is 14.9. The largest absolute Gasteiger partial charge is 0.494 e. The summed E-state index contributed by atoms with van der Waals surface area (Å²) in [5.41, 5.74) is 0.0635. The Morgan fingerprint density at radius 3 is 2.55 bits per heavy atom. The molecule has 0 spiro atoms. The molecule has 0 amide bonds. The van der Waals surface area contributed by atoms with Crippen molar-refractivity contribution in [2.45, 2.75) is 11.0 Å². The molecular formula is C11H12BrNO6S. The minimum absolute atomic E-state index is 0.0380. The van der Waals surface area contributed by atoms with Gasteiger partial charge in [0.25, 0.3) is 0 Å². The smallest absolute Gasteiger partial charge is 0.338 e. The van der Waals surface area contributed by atoms with Crippen molar-refractivity contribution in [1.29, 1.82) is 0 Å². The van der Waals surface area contributed by atoms with Gasteiger partial charge in [-0.3, -0.25) is 0 Å². The van der Waals surface area contributed by atoms with E-state index >= 15 is 0 Å². The van der Waals surface area contributed by atoms with Gasteiger partial charge >= 0.3 is 5.97 Å². The lowest BCUT2D eigenvalue weighted by Gasteiger charge is -2.25. The fourth-order valence-corrected chi connectivity index (χ4v) is 3.09. The number of ether oxygens (including phenoxy) is 3. The number of primary sulfonamides is 1. The Morgan fingerprint density at radius 2 is 2.10 bits per heavy atom. The number of halogens is 1. The van der Waals surface area contributed by atoms with E-state index in [1.54, 1.807) is 0 Å². The van der Waals surface area contributed by atoms with Gasteiger partial charge in [0.1, 0.15) is 11.0 Å². The third-order valence-corrected chi connectivity index (χ3v) is 4.14. The van der Waals surface area contributed by atoms with Crippen molar-refractivity contribution in [2.75, 3.05) is 20.3 Å². The molecule has 1 aliphatic rings. The molecule has 0 radical (unpaired) electrons. The SMILES string of the molecule is COc1c(Br)cc(C(=O)OC2COC2)cc1S(N)(=O)=O. The van der Waals surface area contributed by atoms with E-state index in [0.717, 1.165) is 6.07 Å². The van der Waals surface area contributed by atoms with Gasteiger partial charge in [-0.2, -0.15) is 0 Å². The Hall–Kier alpha value is -1.16. The van der Waals surface area contributed by atoms with Crippen LogP contribution in [0, 0.1) is 0 Å². The monoisotopic (exact) mass is 365 g/mol. The van der Waals surface area contributed by atoms with Crippen molar-refractivity contribution in [3.63, 3.8) is 0 Å². The molecule has 1 fully saturated rings. The summed E-state index contributed by atoms with van der Waals surface area (Å²) in [4.78, 5) is 11.6. The zero-order valence-electron chi connectivity index (χ0n) is 10.5. The first-order valence-electron chi connectivity index (χ1n) is 5.52. The van der Waals surface area contributed by atoms with Crippen LogP contribution >= 0.6 is 15.9 Å². The summed E-state index contributed by atoms with van der Waals surface area (Å²) >= 11 is 3.14. The van der Waals surface area contributed by atoms with Crippen LogP contribution in [-0.2, 0) is 19.5 Å². The number of rotatable bonds is 4. The Morgan fingerprint density at radius 1 is 1.45 bits per heavy atom. The number of nitrogens with two attached hydrogens (primary N) is 1. The highest BCUT2D eigenvalue weighted by molar-refractivity contribution is 9.10. The van der Waals surface area contributed by atoms with Gasteiger partial charge in [-0.1, -0.05) is 0 Å². The van der Waals surface area contributed by atoms with Crippen molar-refractivity contribution < 1.29 is 27.4 Å². The van der Waals surface area contributed by atoms with Crippen LogP contribution in [0.25, 0.3) is 0 Å². The van der Waals surface area contributed by atoms with E-state index in [1.807, 2.05) is 0 Å². The summed E-state index contributed by atoms with van der Waals surface area (Å²) in [6.07, 6.45) is -0.304. The molecule has 9 heteroatoms. The van der Waals surface area contributed by atoms with E-state index in [-0.39, 0.29) is 22.3 Å². The summed E-state index contributed by atoms with van der Waals surface area (Å²) in [7, 11) is -2.73. The van der Waals surface area contributed by atoms with Crippen molar-refractivity contribution in [3.05, 3.63) is 22.2 Å². The van der Waals surface area contributed by atoms with Crippen LogP contribution in [0.5, 0.6) is 5.75 Å². The van der Waals surface area contributed by atoms with E-state index in [1.165, 1.54) is 13.2 Å². The number of methoxy groups -OCH3 is 1. The first kappa shape index (κ1) is 15.2. The quantitative estimate of drug-likeness (QED) is 0.785. The summed E-state index contributed by atoms with van der Waals surface area (Å²) in [5, 5.41) is 5.11. The van der Waals surface area contributed by atoms with E-state index < -0.39 is 16.0 Å². The minimum Gasteiger partial charge on any atom is -0.494 e. The predicted octanol–water partition coefficient (Wildman–Crippen LogP) is 0.661. The van der Waals surface area contributed by atoms with Gasteiger partial charge < -0.3 is 14.2 Å². The van der Waals surface area contributed by atoms with E-state index in [9.17, 15) is 13.2 Å². The topological polar surface area (TPSA) is 105 Å². The van der Waals surface area contributed by atoms with E-state index in [2.05, 4.69) is 15.9 Å². The first-order chi connectivity index (χ1) is 9.32. The third kappa shape index (κ3) is 3.11. The Labute approximate surface area is 124 Å². The molecule has 0 aliphatic carbocycles. The molecular weight excluding hydrogens is 354 g/mol. The van der Waals surface area contributed by atoms with Gasteiger partial charge in [-0.15, -0.1) is 0 Å². The highest BCUT2D eigenvalue weighted by Gasteiger charge is 2.26. The van der Waals surface area contributed by atoms with Gasteiger partial charge in [0.05, 0.1) is 30.4 Å². The lowest BCUT2D eigenvalue weighted by Crippen LogP contribution is -2.37. The number of esters is 1. The molecule has 0 atom stereocenters. The average molecular weight is 366 g/mol. The number of hydrogen-bond acceptors (Lipinski definition) is 6. The fraction of sp³-hybridized carbons (Fsp3) is 0.364. The van der Waals surface area contributed by atoms with Gasteiger partial charge in [0, 0.05) is 0 Å². The summed E-state index contributed by atoms with van der Waals surface area (Å²) in [5.74, 6) is -0.609. The van der Waals surface area contributed by atoms with E-state index in [4.69, 9.17) is 19.3 Å². The van der Waals surface area contributed by atoms with Gasteiger partial charge in [-0.25, -0.2) is 18.4 Å². The molecule has 1 aliphatic heterocycles. The second kappa shape index (κ2) is 5.68. The van der Waals surface area contributed by atoms with Crippen LogP contribution in [0.1, 0.15) is 10.4 Å². The standard InChI is InChI=1S/C11H12BrNO6S/c1-17-10-8(12)2-6(3-9(10)20(13,15)16)11(14)19-7-4-18-5-7/h2-3,7H,4-5H2,1H3,(H2,13,15,16). The van der Waals surface area contributed by atoms with Crippen molar-refractivity contribution in [2.24, 2.45) is 5.14 Å². The fourth-order valence-electron chi connectivity index (χ4n) is 1.60. The van der Waals surface area contributed by atoms with Crippen LogP contribution in [0.3, 0.4) is 0 Å². The number of benzene rings is 1. The molecule has 2 N–H and O–H groups in total. The third-order valence-electron chi connectivity index (χ3n) is 2.64. The lowest BCUT2D eigenvalue weighted by atomic mass is 10.2. The highest BCUT2D eigenvalue weighted by atomic mass is 79.9. The summed E-state index contributed by atoms with van der Waals surface area (Å²) in [6, 6.07) is 2.54. The molecule has 1 aromatic rings. The van der Waals surface area contributed by atoms with Crippen LogP contribution in [0.15, 0.2) is 21.5 Å². The van der Waals surface area contributed by atoms with Crippen LogP contribution in [0.4, 0.5) is 0 Å². The molecule has 0 unspecified atom stereocenters. The molecule has 20 heavy (non-hydrogen) atoms. The second-order valence-electron chi connectivity index (χ2n) is 4.10. The molecule has 0 bridgehead atoms. The normalized spacial score (nSPS) is 15.6. The molecule has 2 rings (SSSR count). The Bertz CT molecular complexity index is 641. The highest BCUT2D eigenvalue weighted by Crippen LogP contribution is 2.33. The van der Waals surface area contributed by atoms with Crippen molar-refractivity contribution >= 4 is 31.9 Å². The van der Waals surface area contributed by atoms with Gasteiger partial charge in [0.2, 0.25) is 10.0 Å². The first-order valence-corrected chi connectivity index (χ1v) is 7.86. The van der Waals surface area contributed by atoms with Gasteiger partial charge in [0.15, 0.2) is 5.75 Å². The Kier molecular flexibility index (Phi) is 4.33. The minimum atomic E-state index is -4.03.